The summed E-state index contributed by atoms with van der Waals surface area (Å²) in [7, 11) is 0. The first-order valence-electron chi connectivity index (χ1n) is 7.95. The number of Topliss-reactive ketones (excluding diaryl/α,β-unsaturated/α-hetero) is 1. The second-order valence-electron chi connectivity index (χ2n) is 5.73. The minimum atomic E-state index is -0.109. The molecular formula is C20H28O. The summed E-state index contributed by atoms with van der Waals surface area (Å²) in [4.78, 5) is 13.0. The van der Waals surface area contributed by atoms with Crippen molar-refractivity contribution in [1.82, 2.24) is 0 Å². The highest BCUT2D eigenvalue weighted by atomic mass is 16.1. The zero-order valence-electron chi connectivity index (χ0n) is 13.6. The maximum atomic E-state index is 13.0. The van der Waals surface area contributed by atoms with Gasteiger partial charge in [0.2, 0.25) is 0 Å². The van der Waals surface area contributed by atoms with Crippen molar-refractivity contribution < 1.29 is 4.79 Å². The van der Waals surface area contributed by atoms with E-state index < -0.39 is 0 Å². The van der Waals surface area contributed by atoms with Gasteiger partial charge in [0.1, 0.15) is 5.78 Å². The standard InChI is InChI=1S/C20H28O/c1-6-12-15(4)19(17(7-2)8-3)20(21)16(5)18-13-10-9-11-14-18/h7,9-11,13-14,16-17,19H,2,4,6,8,12H2,1,3,5H3. The predicted octanol–water partition coefficient (Wildman–Crippen LogP) is 5.54. The fraction of sp³-hybridized carbons (Fsp3) is 0.450. The lowest BCUT2D eigenvalue weighted by molar-refractivity contribution is -0.124. The lowest BCUT2D eigenvalue weighted by Crippen LogP contribution is -2.28. The summed E-state index contributed by atoms with van der Waals surface area (Å²) in [6, 6.07) is 10.0. The van der Waals surface area contributed by atoms with Gasteiger partial charge in [0.15, 0.2) is 0 Å². The molecule has 0 aliphatic rings. The number of rotatable bonds is 9. The smallest absolute Gasteiger partial charge is 0.147 e. The van der Waals surface area contributed by atoms with Crippen molar-refractivity contribution in [1.29, 1.82) is 0 Å². The van der Waals surface area contributed by atoms with Crippen molar-refractivity contribution in [3.8, 4) is 0 Å². The van der Waals surface area contributed by atoms with Crippen LogP contribution >= 0.6 is 0 Å². The van der Waals surface area contributed by atoms with Gasteiger partial charge in [-0.25, -0.2) is 0 Å². The third-order valence-electron chi connectivity index (χ3n) is 4.25. The van der Waals surface area contributed by atoms with Crippen molar-refractivity contribution in [3.05, 3.63) is 60.7 Å². The highest BCUT2D eigenvalue weighted by molar-refractivity contribution is 5.90. The second-order valence-corrected chi connectivity index (χ2v) is 5.73. The Morgan fingerprint density at radius 3 is 2.33 bits per heavy atom. The fourth-order valence-corrected chi connectivity index (χ4v) is 2.91. The van der Waals surface area contributed by atoms with E-state index in [0.29, 0.717) is 0 Å². The highest BCUT2D eigenvalue weighted by Crippen LogP contribution is 2.32. The lowest BCUT2D eigenvalue weighted by atomic mass is 9.75. The Kier molecular flexibility index (Phi) is 7.14. The minimum absolute atomic E-state index is 0.0983. The van der Waals surface area contributed by atoms with Gasteiger partial charge in [-0.3, -0.25) is 4.79 Å². The molecule has 1 rings (SSSR count). The maximum absolute atomic E-state index is 13.0. The molecule has 0 heterocycles. The van der Waals surface area contributed by atoms with E-state index in [2.05, 4.69) is 27.0 Å². The normalized spacial score (nSPS) is 15.0. The molecule has 0 fully saturated rings. The number of carbonyl (C=O) groups is 1. The van der Waals surface area contributed by atoms with Gasteiger partial charge in [0.25, 0.3) is 0 Å². The summed E-state index contributed by atoms with van der Waals surface area (Å²) < 4.78 is 0. The van der Waals surface area contributed by atoms with Crippen molar-refractivity contribution >= 4 is 5.78 Å². The zero-order chi connectivity index (χ0) is 15.8. The second kappa shape index (κ2) is 8.61. The van der Waals surface area contributed by atoms with Gasteiger partial charge in [0, 0.05) is 11.8 Å². The van der Waals surface area contributed by atoms with E-state index in [4.69, 9.17) is 0 Å². The summed E-state index contributed by atoms with van der Waals surface area (Å²) in [5, 5.41) is 0. The van der Waals surface area contributed by atoms with Gasteiger partial charge >= 0.3 is 0 Å². The first-order valence-corrected chi connectivity index (χ1v) is 7.95. The van der Waals surface area contributed by atoms with E-state index in [-0.39, 0.29) is 23.5 Å². The minimum Gasteiger partial charge on any atom is -0.298 e. The maximum Gasteiger partial charge on any atom is 0.147 e. The van der Waals surface area contributed by atoms with Crippen LogP contribution in [0.5, 0.6) is 0 Å². The summed E-state index contributed by atoms with van der Waals surface area (Å²) in [6.07, 6.45) is 4.77. The van der Waals surface area contributed by atoms with E-state index in [1.54, 1.807) is 0 Å². The molecule has 114 valence electrons. The molecule has 0 N–H and O–H groups in total. The Bertz CT molecular complexity index is 472. The van der Waals surface area contributed by atoms with Crippen LogP contribution in [0.3, 0.4) is 0 Å². The number of carbonyl (C=O) groups excluding carboxylic acids is 1. The summed E-state index contributed by atoms with van der Waals surface area (Å²) in [6.45, 7) is 14.3. The van der Waals surface area contributed by atoms with E-state index >= 15 is 0 Å². The molecule has 1 nitrogen and oxygen atoms in total. The largest absolute Gasteiger partial charge is 0.298 e. The monoisotopic (exact) mass is 284 g/mol. The van der Waals surface area contributed by atoms with Gasteiger partial charge in [0.05, 0.1) is 0 Å². The molecule has 1 heteroatoms. The average Bonchev–Trinajstić information content (AvgIpc) is 2.52. The number of hydrogen-bond acceptors (Lipinski definition) is 1. The zero-order valence-corrected chi connectivity index (χ0v) is 13.6. The van der Waals surface area contributed by atoms with E-state index in [9.17, 15) is 4.79 Å². The Hall–Kier alpha value is -1.63. The Morgan fingerprint density at radius 2 is 1.86 bits per heavy atom. The molecule has 21 heavy (non-hydrogen) atoms. The molecule has 0 aliphatic heterocycles. The van der Waals surface area contributed by atoms with Gasteiger partial charge in [-0.2, -0.15) is 0 Å². The molecule has 0 saturated carbocycles. The fourth-order valence-electron chi connectivity index (χ4n) is 2.91. The molecule has 0 aliphatic carbocycles. The summed E-state index contributed by atoms with van der Waals surface area (Å²) >= 11 is 0. The molecule has 0 amide bonds. The molecule has 3 unspecified atom stereocenters. The number of allylic oxidation sites excluding steroid dienone is 2. The van der Waals surface area contributed by atoms with Gasteiger partial charge in [-0.15, -0.1) is 6.58 Å². The van der Waals surface area contributed by atoms with Crippen molar-refractivity contribution in [3.63, 3.8) is 0 Å². The van der Waals surface area contributed by atoms with Crippen LogP contribution in [0.4, 0.5) is 0 Å². The van der Waals surface area contributed by atoms with Gasteiger partial charge in [-0.1, -0.05) is 75.8 Å². The quantitative estimate of drug-likeness (QED) is 0.544. The van der Waals surface area contributed by atoms with Crippen LogP contribution in [0.15, 0.2) is 55.1 Å². The van der Waals surface area contributed by atoms with Crippen LogP contribution in [0, 0.1) is 11.8 Å². The molecule has 0 saturated heterocycles. The van der Waals surface area contributed by atoms with E-state index in [0.717, 1.165) is 30.4 Å². The summed E-state index contributed by atoms with van der Waals surface area (Å²) in [5.41, 5.74) is 2.13. The van der Waals surface area contributed by atoms with E-state index in [1.807, 2.05) is 43.3 Å². The highest BCUT2D eigenvalue weighted by Gasteiger charge is 2.31. The van der Waals surface area contributed by atoms with Crippen LogP contribution in [-0.2, 0) is 4.79 Å². The molecule has 1 aromatic rings. The Morgan fingerprint density at radius 1 is 1.24 bits per heavy atom. The van der Waals surface area contributed by atoms with Crippen LogP contribution in [0.1, 0.15) is 51.5 Å². The van der Waals surface area contributed by atoms with Crippen LogP contribution < -0.4 is 0 Å². The van der Waals surface area contributed by atoms with Gasteiger partial charge in [-0.05, 0) is 24.3 Å². The van der Waals surface area contributed by atoms with Crippen molar-refractivity contribution in [2.24, 2.45) is 11.8 Å². The topological polar surface area (TPSA) is 17.1 Å². The molecule has 0 radical (unpaired) electrons. The average molecular weight is 284 g/mol. The summed E-state index contributed by atoms with van der Waals surface area (Å²) in [5.74, 6) is 0.246. The third-order valence-corrected chi connectivity index (χ3v) is 4.25. The molecular weight excluding hydrogens is 256 g/mol. The molecule has 0 bridgehead atoms. The Balaban J connectivity index is 3.04. The Labute approximate surface area is 129 Å². The number of benzene rings is 1. The first-order chi connectivity index (χ1) is 10.1. The van der Waals surface area contributed by atoms with Crippen LogP contribution in [0.25, 0.3) is 0 Å². The SMILES string of the molecule is C=CC(CC)C(C(=C)CCC)C(=O)C(C)c1ccccc1. The molecule has 0 aromatic heterocycles. The van der Waals surface area contributed by atoms with Crippen molar-refractivity contribution in [2.45, 2.75) is 46.0 Å². The first kappa shape index (κ1) is 17.4. The van der Waals surface area contributed by atoms with Crippen LogP contribution in [0.2, 0.25) is 0 Å². The molecule has 3 atom stereocenters. The van der Waals surface area contributed by atoms with Crippen LogP contribution in [-0.4, -0.2) is 5.78 Å². The lowest BCUT2D eigenvalue weighted by Gasteiger charge is -2.27. The van der Waals surface area contributed by atoms with E-state index in [1.165, 1.54) is 0 Å². The van der Waals surface area contributed by atoms with Crippen molar-refractivity contribution in [2.75, 3.05) is 0 Å². The van der Waals surface area contributed by atoms with Gasteiger partial charge < -0.3 is 0 Å². The number of ketones is 1. The molecule has 1 aromatic carbocycles. The third kappa shape index (κ3) is 4.42. The number of hydrogen-bond donors (Lipinski definition) is 0. The predicted molar refractivity (Wildman–Crippen MR) is 91.4 cm³/mol. The molecule has 0 spiro atoms.